The number of anilines is 3. The maximum absolute atomic E-state index is 5.10. The minimum absolute atomic E-state index is 0.122. The Bertz CT molecular complexity index is 2580. The first-order valence-corrected chi connectivity index (χ1v) is 20.9. The third-order valence-electron chi connectivity index (χ3n) is 11.8. The van der Waals surface area contributed by atoms with Crippen LogP contribution in [0.1, 0.15) is 25.0 Å². The van der Waals surface area contributed by atoms with E-state index in [2.05, 4.69) is 228 Å². The highest BCUT2D eigenvalue weighted by atomic mass is 32.2. The molecule has 0 aliphatic carbocycles. The SMILES string of the molecule is CC1(C)c2ccccc2Sc2c(-c3cccc(B4N(c5ccccc5)B(c5ccccc5)N(c5ccccn5)B(c5ccccc5)N4c4ccccc4)c3)cccc21. The van der Waals surface area contributed by atoms with Gasteiger partial charge in [-0.15, -0.1) is 0 Å². The first kappa shape index (κ1) is 36.0. The highest BCUT2D eigenvalue weighted by Gasteiger charge is 2.56. The Balaban J connectivity index is 1.25. The second-order valence-corrected chi connectivity index (χ2v) is 16.6. The fraction of sp³-hybridized carbons (Fsp3) is 0.0600. The molecule has 10 rings (SSSR count). The van der Waals surface area contributed by atoms with Crippen molar-refractivity contribution in [3.05, 3.63) is 224 Å². The van der Waals surface area contributed by atoms with E-state index in [0.717, 1.165) is 17.2 Å². The van der Waals surface area contributed by atoms with E-state index in [9.17, 15) is 0 Å². The smallest absolute Gasteiger partial charge is 0.390 e. The fourth-order valence-corrected chi connectivity index (χ4v) is 10.6. The summed E-state index contributed by atoms with van der Waals surface area (Å²) in [4.78, 5) is 7.76. The van der Waals surface area contributed by atoms with Crippen LogP contribution in [-0.4, -0.2) is 25.9 Å². The number of benzene rings is 7. The lowest BCUT2D eigenvalue weighted by molar-refractivity contribution is 0.608. The van der Waals surface area contributed by atoms with Crippen molar-refractivity contribution < 1.29 is 0 Å². The van der Waals surface area contributed by atoms with Crippen molar-refractivity contribution in [2.45, 2.75) is 29.1 Å². The highest BCUT2D eigenvalue weighted by molar-refractivity contribution is 7.99. The molecule has 1 saturated heterocycles. The van der Waals surface area contributed by atoms with Gasteiger partial charge in [-0.05, 0) is 81.1 Å². The van der Waals surface area contributed by atoms with Crippen LogP contribution in [0, 0.1) is 0 Å². The second kappa shape index (κ2) is 15.2. The lowest BCUT2D eigenvalue weighted by Crippen LogP contribution is -2.86. The molecule has 276 valence electrons. The van der Waals surface area contributed by atoms with Crippen LogP contribution in [0.2, 0.25) is 0 Å². The Labute approximate surface area is 347 Å². The van der Waals surface area contributed by atoms with Crippen molar-refractivity contribution in [1.82, 2.24) is 4.98 Å². The summed E-state index contributed by atoms with van der Waals surface area (Å²) >= 11 is 1.90. The maximum atomic E-state index is 5.10. The summed E-state index contributed by atoms with van der Waals surface area (Å²) < 4.78 is 7.71. The number of hydrogen-bond donors (Lipinski definition) is 0. The molecule has 0 radical (unpaired) electrons. The zero-order valence-electron chi connectivity index (χ0n) is 32.6. The number of para-hydroxylation sites is 2. The molecular weight excluding hydrogens is 721 g/mol. The Kier molecular flexibility index (Phi) is 9.43. The Morgan fingerprint density at radius 1 is 0.448 bits per heavy atom. The van der Waals surface area contributed by atoms with Crippen LogP contribution in [0.3, 0.4) is 0 Å². The number of rotatable bonds is 7. The largest absolute Gasteiger partial charge is 0.416 e. The molecule has 4 nitrogen and oxygen atoms in total. The van der Waals surface area contributed by atoms with Gasteiger partial charge in [0, 0.05) is 32.8 Å². The number of pyridine rings is 1. The minimum atomic E-state index is -0.246. The van der Waals surface area contributed by atoms with Crippen molar-refractivity contribution in [3.8, 4) is 11.1 Å². The average molecular weight is 762 g/mol. The van der Waals surface area contributed by atoms with E-state index < -0.39 is 0 Å². The van der Waals surface area contributed by atoms with Gasteiger partial charge in [0.25, 0.3) is 0 Å². The molecule has 1 aromatic heterocycles. The standard InChI is InChI=1S/C50H41B3N4S/c1-50(2)45-32-15-16-34-47(45)58-49-44(31-20-33-46(49)50)38-21-19-26-41(37-38)53-55(42-27-11-5-12-28-42)51(39-22-7-3-8-23-39)57(48-35-17-18-36-54-48)52(40-24-9-4-10-25-40)56(53)43-29-13-6-14-30-43/h3-37H,1-2H3. The molecule has 8 aromatic rings. The van der Waals surface area contributed by atoms with E-state index in [1.807, 2.05) is 24.0 Å². The van der Waals surface area contributed by atoms with Crippen LogP contribution in [0.15, 0.2) is 222 Å². The van der Waals surface area contributed by atoms with Gasteiger partial charge in [-0.1, -0.05) is 189 Å². The molecule has 0 bridgehead atoms. The van der Waals surface area contributed by atoms with Crippen LogP contribution in [0.5, 0.6) is 0 Å². The van der Waals surface area contributed by atoms with Gasteiger partial charge >= 0.3 is 20.9 Å². The van der Waals surface area contributed by atoms with Gasteiger partial charge in [-0.3, -0.25) is 0 Å². The van der Waals surface area contributed by atoms with Crippen LogP contribution < -0.4 is 30.6 Å². The van der Waals surface area contributed by atoms with Gasteiger partial charge < -0.3 is 14.2 Å². The molecule has 0 spiro atoms. The molecule has 0 atom stereocenters. The number of aromatic nitrogens is 1. The maximum Gasteiger partial charge on any atom is 0.390 e. The quantitative estimate of drug-likeness (QED) is 0.151. The highest BCUT2D eigenvalue weighted by Crippen LogP contribution is 2.52. The summed E-state index contributed by atoms with van der Waals surface area (Å²) in [7, 11) is 0. The molecule has 2 aliphatic heterocycles. The topological polar surface area (TPSA) is 22.6 Å². The monoisotopic (exact) mass is 762 g/mol. The predicted octanol–water partition coefficient (Wildman–Crippen LogP) is 9.56. The van der Waals surface area contributed by atoms with Crippen molar-refractivity contribution >= 4 is 66.3 Å². The third-order valence-corrected chi connectivity index (χ3v) is 13.0. The van der Waals surface area contributed by atoms with Crippen molar-refractivity contribution in [2.24, 2.45) is 0 Å². The normalized spacial score (nSPS) is 14.6. The molecule has 0 N–H and O–H groups in total. The minimum Gasteiger partial charge on any atom is -0.416 e. The van der Waals surface area contributed by atoms with Crippen molar-refractivity contribution in [3.63, 3.8) is 0 Å². The zero-order valence-corrected chi connectivity index (χ0v) is 33.5. The van der Waals surface area contributed by atoms with E-state index >= 15 is 0 Å². The van der Waals surface area contributed by atoms with Crippen LogP contribution >= 0.6 is 11.8 Å². The number of nitrogens with zero attached hydrogens (tertiary/aromatic N) is 4. The van der Waals surface area contributed by atoms with Crippen LogP contribution in [-0.2, 0) is 5.41 Å². The molecule has 2 aliphatic rings. The molecule has 0 saturated carbocycles. The summed E-state index contributed by atoms with van der Waals surface area (Å²) in [6.45, 7) is 4.00. The van der Waals surface area contributed by atoms with Gasteiger partial charge in [-0.25, -0.2) is 4.98 Å². The molecule has 7 aromatic carbocycles. The summed E-state index contributed by atoms with van der Waals surface area (Å²) in [6.07, 6.45) is 1.91. The second-order valence-electron chi connectivity index (χ2n) is 15.6. The van der Waals surface area contributed by atoms with Gasteiger partial charge in [-0.2, -0.15) is 0 Å². The average Bonchev–Trinajstić information content (AvgIpc) is 3.29. The summed E-state index contributed by atoms with van der Waals surface area (Å²) in [5.41, 5.74) is 10.9. The van der Waals surface area contributed by atoms with Crippen LogP contribution in [0.25, 0.3) is 11.1 Å². The van der Waals surface area contributed by atoms with E-state index in [0.29, 0.717) is 0 Å². The Morgan fingerprint density at radius 2 is 0.948 bits per heavy atom. The molecule has 1 fully saturated rings. The summed E-state index contributed by atoms with van der Waals surface area (Å²) in [6, 6.07) is 75.0. The van der Waals surface area contributed by atoms with Crippen molar-refractivity contribution in [1.29, 1.82) is 0 Å². The predicted molar refractivity (Wildman–Crippen MR) is 248 cm³/mol. The van der Waals surface area contributed by atoms with Crippen molar-refractivity contribution in [2.75, 3.05) is 14.2 Å². The summed E-state index contributed by atoms with van der Waals surface area (Å²) in [5, 5.41) is 0. The van der Waals surface area contributed by atoms with E-state index in [1.54, 1.807) is 0 Å². The Morgan fingerprint density at radius 3 is 1.55 bits per heavy atom. The first-order chi connectivity index (χ1) is 28.6. The lowest BCUT2D eigenvalue weighted by atomic mass is 9.37. The van der Waals surface area contributed by atoms with Gasteiger partial charge in [0.1, 0.15) is 5.82 Å². The molecule has 3 heterocycles. The summed E-state index contributed by atoms with van der Waals surface area (Å²) in [5.74, 6) is 0.898. The van der Waals surface area contributed by atoms with E-state index in [-0.39, 0.29) is 26.4 Å². The molecule has 8 heteroatoms. The van der Waals surface area contributed by atoms with Gasteiger partial charge in [0.2, 0.25) is 0 Å². The van der Waals surface area contributed by atoms with Gasteiger partial charge in [0.05, 0.1) is 0 Å². The number of hydrogen-bond acceptors (Lipinski definition) is 5. The third kappa shape index (κ3) is 6.29. The van der Waals surface area contributed by atoms with E-state index in [4.69, 9.17) is 4.98 Å². The van der Waals surface area contributed by atoms with Crippen LogP contribution in [0.4, 0.5) is 17.2 Å². The number of fused-ring (bicyclic) bond motifs is 2. The molecule has 58 heavy (non-hydrogen) atoms. The Hall–Kier alpha value is -6.37. The lowest BCUT2D eigenvalue weighted by Gasteiger charge is -2.56. The molecule has 0 amide bonds. The molecule has 0 unspecified atom stereocenters. The van der Waals surface area contributed by atoms with Gasteiger partial charge in [0.15, 0.2) is 0 Å². The zero-order chi connectivity index (χ0) is 39.1. The fourth-order valence-electron chi connectivity index (χ4n) is 9.10. The van der Waals surface area contributed by atoms with E-state index in [1.165, 1.54) is 48.4 Å². The molecular formula is C50H41B3N4S. The first-order valence-electron chi connectivity index (χ1n) is 20.1.